The number of aryl methyl sites for hydroxylation is 1. The van der Waals surface area contributed by atoms with Crippen LogP contribution in [0.5, 0.6) is 0 Å². The van der Waals surface area contributed by atoms with Crippen LogP contribution in [0.1, 0.15) is 6.92 Å². The van der Waals surface area contributed by atoms with Gasteiger partial charge in [-0.25, -0.2) is 15.0 Å². The fraction of sp³-hybridized carbons (Fsp3) is 0.385. The highest BCUT2D eigenvalue weighted by Crippen LogP contribution is 2.32. The van der Waals surface area contributed by atoms with E-state index in [0.717, 1.165) is 59.4 Å². The molecule has 0 spiro atoms. The molecular weight excluding hydrogens is 470 g/mol. The fourth-order valence-corrected chi connectivity index (χ4v) is 4.83. The number of fused-ring (bicyclic) bond motifs is 1. The van der Waals surface area contributed by atoms with Crippen molar-refractivity contribution in [3.63, 3.8) is 0 Å². The molecule has 2 aliphatic rings. The van der Waals surface area contributed by atoms with E-state index in [2.05, 4.69) is 26.6 Å². The molecule has 0 atom stereocenters. The van der Waals surface area contributed by atoms with E-state index >= 15 is 0 Å². The lowest BCUT2D eigenvalue weighted by molar-refractivity contribution is -0.129. The Labute approximate surface area is 214 Å². The number of carbonyl (C=O) groups is 1. The molecule has 2 aliphatic heterocycles. The molecule has 0 saturated carbocycles. The fourth-order valence-electron chi connectivity index (χ4n) is 4.83. The van der Waals surface area contributed by atoms with Gasteiger partial charge in [0.05, 0.1) is 25.5 Å². The van der Waals surface area contributed by atoms with E-state index in [4.69, 9.17) is 19.7 Å². The number of benzene rings is 1. The number of likely N-dealkylation sites (N-methyl/N-ethyl adjacent to an activating group) is 1. The summed E-state index contributed by atoms with van der Waals surface area (Å²) in [5.74, 6) is 2.26. The third-order valence-corrected chi connectivity index (χ3v) is 6.91. The smallest absolute Gasteiger partial charge is 0.242 e. The predicted octanol–water partition coefficient (Wildman–Crippen LogP) is 2.09. The van der Waals surface area contributed by atoms with Gasteiger partial charge in [0, 0.05) is 57.1 Å². The number of hydrogen-bond acceptors (Lipinski definition) is 9. The van der Waals surface area contributed by atoms with Crippen LogP contribution in [0.15, 0.2) is 42.6 Å². The number of nitrogens with zero attached hydrogens (tertiary/aromatic N) is 9. The Morgan fingerprint density at radius 3 is 2.54 bits per heavy atom. The number of amides is 1. The molecule has 4 aromatic rings. The number of aromatic nitrogens is 6. The molecule has 11 nitrogen and oxygen atoms in total. The second-order valence-electron chi connectivity index (χ2n) is 9.23. The molecule has 2 fully saturated rings. The topological polar surface area (TPSA) is 105 Å². The van der Waals surface area contributed by atoms with Crippen LogP contribution in [0.3, 0.4) is 0 Å². The first-order valence-corrected chi connectivity index (χ1v) is 12.6. The second-order valence-corrected chi connectivity index (χ2v) is 9.23. The van der Waals surface area contributed by atoms with Crippen molar-refractivity contribution in [2.75, 3.05) is 62.8 Å². The van der Waals surface area contributed by atoms with Crippen LogP contribution in [0.4, 0.5) is 11.8 Å². The zero-order chi connectivity index (χ0) is 25.4. The van der Waals surface area contributed by atoms with Crippen molar-refractivity contribution in [3.05, 3.63) is 42.6 Å². The number of carbonyl (C=O) groups excluding carboxylic acids is 1. The average Bonchev–Trinajstić information content (AvgIpc) is 3.33. The Bertz CT molecular complexity index is 1430. The average molecular weight is 500 g/mol. The van der Waals surface area contributed by atoms with Crippen molar-refractivity contribution >= 4 is 28.8 Å². The number of hydrogen-bond donors (Lipinski definition) is 0. The number of imidazole rings is 1. The largest absolute Gasteiger partial charge is 0.378 e. The molecule has 190 valence electrons. The molecule has 3 aromatic heterocycles. The molecule has 0 bridgehead atoms. The molecule has 0 N–H and O–H groups in total. The van der Waals surface area contributed by atoms with E-state index in [9.17, 15) is 4.79 Å². The third-order valence-electron chi connectivity index (χ3n) is 6.91. The molecular formula is C26H29N9O2. The molecule has 1 amide bonds. The lowest BCUT2D eigenvalue weighted by atomic mass is 10.1. The summed E-state index contributed by atoms with van der Waals surface area (Å²) < 4.78 is 7.70. The maximum Gasteiger partial charge on any atom is 0.242 e. The maximum absolute atomic E-state index is 12.5. The van der Waals surface area contributed by atoms with E-state index in [1.807, 2.05) is 48.3 Å². The van der Waals surface area contributed by atoms with E-state index < -0.39 is 0 Å². The van der Waals surface area contributed by atoms with Gasteiger partial charge in [-0.2, -0.15) is 10.2 Å². The van der Waals surface area contributed by atoms with E-state index in [-0.39, 0.29) is 5.91 Å². The summed E-state index contributed by atoms with van der Waals surface area (Å²) in [6.45, 7) is 7.16. The van der Waals surface area contributed by atoms with Crippen LogP contribution >= 0.6 is 0 Å². The summed E-state index contributed by atoms with van der Waals surface area (Å²) in [5.41, 5.74) is 4.14. The predicted molar refractivity (Wildman–Crippen MR) is 140 cm³/mol. The summed E-state index contributed by atoms with van der Waals surface area (Å²) in [4.78, 5) is 33.6. The van der Waals surface area contributed by atoms with E-state index in [0.29, 0.717) is 38.7 Å². The van der Waals surface area contributed by atoms with Crippen molar-refractivity contribution in [1.82, 2.24) is 34.6 Å². The summed E-state index contributed by atoms with van der Waals surface area (Å²) in [6, 6.07) is 11.9. The Kier molecular flexibility index (Phi) is 6.13. The van der Waals surface area contributed by atoms with Crippen LogP contribution in [0, 0.1) is 0 Å². The van der Waals surface area contributed by atoms with Crippen LogP contribution in [-0.4, -0.2) is 93.5 Å². The van der Waals surface area contributed by atoms with Gasteiger partial charge in [0.25, 0.3) is 0 Å². The first kappa shape index (κ1) is 23.3. The van der Waals surface area contributed by atoms with Crippen molar-refractivity contribution in [1.29, 1.82) is 0 Å². The molecule has 0 unspecified atom stereocenters. The summed E-state index contributed by atoms with van der Waals surface area (Å²) in [5, 5.41) is 8.27. The van der Waals surface area contributed by atoms with Gasteiger partial charge in [-0.1, -0.05) is 18.2 Å². The first-order chi connectivity index (χ1) is 18.1. The molecule has 2 saturated heterocycles. The van der Waals surface area contributed by atoms with Gasteiger partial charge >= 0.3 is 0 Å². The highest BCUT2D eigenvalue weighted by atomic mass is 16.5. The maximum atomic E-state index is 12.5. The van der Waals surface area contributed by atoms with Gasteiger partial charge in [-0.05, 0) is 25.1 Å². The standard InChI is InChI=1S/C26H29N9O2/c1-3-35-25-22(28-26(35)34-11-10-32(2)21(36)17-34)24(33-12-14-37-15-13-33)29-23(30-25)19-7-4-6-18(16-19)20-8-5-9-27-31-20/h4-9,16H,3,10-15,17H2,1-2H3. The monoisotopic (exact) mass is 499 g/mol. The number of anilines is 2. The SMILES string of the molecule is CCn1c(N2CCN(C)C(=O)C2)nc2c(N3CCOCC3)nc(-c3cccc(-c4cccnn4)c3)nc21. The van der Waals surface area contributed by atoms with Crippen LogP contribution in [-0.2, 0) is 16.1 Å². The summed E-state index contributed by atoms with van der Waals surface area (Å²) in [6.07, 6.45) is 1.66. The number of rotatable bonds is 5. The van der Waals surface area contributed by atoms with Gasteiger partial charge in [0.2, 0.25) is 11.9 Å². The van der Waals surface area contributed by atoms with Crippen molar-refractivity contribution < 1.29 is 9.53 Å². The molecule has 6 rings (SSSR count). The Balaban J connectivity index is 1.50. The second kappa shape index (κ2) is 9.74. The minimum absolute atomic E-state index is 0.0851. The quantitative estimate of drug-likeness (QED) is 0.408. The lowest BCUT2D eigenvalue weighted by Gasteiger charge is -2.32. The highest BCUT2D eigenvalue weighted by Gasteiger charge is 2.28. The summed E-state index contributed by atoms with van der Waals surface area (Å²) >= 11 is 0. The van der Waals surface area contributed by atoms with Gasteiger partial charge < -0.3 is 19.4 Å². The van der Waals surface area contributed by atoms with Crippen molar-refractivity contribution in [3.8, 4) is 22.6 Å². The molecule has 37 heavy (non-hydrogen) atoms. The number of ether oxygens (including phenoxy) is 1. The van der Waals surface area contributed by atoms with Crippen LogP contribution in [0.25, 0.3) is 33.8 Å². The zero-order valence-corrected chi connectivity index (χ0v) is 21.0. The van der Waals surface area contributed by atoms with Crippen LogP contribution in [0.2, 0.25) is 0 Å². The van der Waals surface area contributed by atoms with Gasteiger partial charge in [0.1, 0.15) is 0 Å². The normalized spacial score (nSPS) is 16.6. The first-order valence-electron chi connectivity index (χ1n) is 12.6. The third kappa shape index (κ3) is 4.35. The van der Waals surface area contributed by atoms with Gasteiger partial charge in [0.15, 0.2) is 22.8 Å². The van der Waals surface area contributed by atoms with Crippen molar-refractivity contribution in [2.24, 2.45) is 0 Å². The Morgan fingerprint density at radius 2 is 1.78 bits per heavy atom. The molecule has 0 aliphatic carbocycles. The van der Waals surface area contributed by atoms with Crippen molar-refractivity contribution in [2.45, 2.75) is 13.5 Å². The van der Waals surface area contributed by atoms with E-state index in [1.54, 1.807) is 11.1 Å². The van der Waals surface area contributed by atoms with Gasteiger partial charge in [-0.15, -0.1) is 0 Å². The number of piperazine rings is 1. The minimum atomic E-state index is 0.0851. The Hall–Kier alpha value is -4.12. The lowest BCUT2D eigenvalue weighted by Crippen LogP contribution is -2.49. The zero-order valence-electron chi connectivity index (χ0n) is 21.0. The van der Waals surface area contributed by atoms with Gasteiger partial charge in [-0.3, -0.25) is 9.36 Å². The molecule has 5 heterocycles. The molecule has 1 aromatic carbocycles. The number of morpholine rings is 1. The molecule has 0 radical (unpaired) electrons. The van der Waals surface area contributed by atoms with Crippen LogP contribution < -0.4 is 9.80 Å². The Morgan fingerprint density at radius 1 is 0.946 bits per heavy atom. The minimum Gasteiger partial charge on any atom is -0.378 e. The summed E-state index contributed by atoms with van der Waals surface area (Å²) in [7, 11) is 1.84. The highest BCUT2D eigenvalue weighted by molar-refractivity contribution is 5.89. The van der Waals surface area contributed by atoms with E-state index in [1.165, 1.54) is 0 Å². The molecule has 11 heteroatoms.